The van der Waals surface area contributed by atoms with Gasteiger partial charge in [-0.25, -0.2) is 0 Å². The van der Waals surface area contributed by atoms with Crippen molar-refractivity contribution in [2.45, 2.75) is 63.3 Å². The maximum atomic E-state index is 12.2. The summed E-state index contributed by atoms with van der Waals surface area (Å²) in [5, 5.41) is 6.36. The summed E-state index contributed by atoms with van der Waals surface area (Å²) >= 11 is 1.62. The molecule has 1 rings (SSSR count). The molecule has 0 aliphatic rings. The lowest BCUT2D eigenvalue weighted by molar-refractivity contribution is -0.121. The van der Waals surface area contributed by atoms with Gasteiger partial charge in [0.05, 0.1) is 5.25 Å². The normalized spacial score (nSPS) is 12.4. The summed E-state index contributed by atoms with van der Waals surface area (Å²) in [5.74, 6) is 0.130. The zero-order valence-corrected chi connectivity index (χ0v) is 14.4. The standard InChI is InChI=1S/C17H28N2OS/c1-5-15(6-2)19-17(20)13(4)21-16-10-8-9-14(11-16)12-18-7-3/h8-11,13,15,18H,5-7,12H2,1-4H3,(H,19,20). The highest BCUT2D eigenvalue weighted by Crippen LogP contribution is 2.24. The molecule has 1 amide bonds. The van der Waals surface area contributed by atoms with Gasteiger partial charge in [-0.2, -0.15) is 0 Å². The minimum atomic E-state index is -0.0695. The number of amides is 1. The molecule has 0 saturated carbocycles. The molecule has 0 aliphatic carbocycles. The van der Waals surface area contributed by atoms with E-state index in [1.54, 1.807) is 11.8 Å². The second-order valence-electron chi connectivity index (χ2n) is 5.21. The first kappa shape index (κ1) is 18.1. The van der Waals surface area contributed by atoms with Gasteiger partial charge in [-0.1, -0.05) is 32.9 Å². The molecule has 1 aromatic rings. The second-order valence-corrected chi connectivity index (χ2v) is 6.62. The molecule has 4 heteroatoms. The van der Waals surface area contributed by atoms with E-state index in [4.69, 9.17) is 0 Å². The summed E-state index contributed by atoms with van der Waals surface area (Å²) < 4.78 is 0. The molecule has 1 aromatic carbocycles. The van der Waals surface area contributed by atoms with Crippen LogP contribution in [0.25, 0.3) is 0 Å². The summed E-state index contributed by atoms with van der Waals surface area (Å²) in [6.07, 6.45) is 1.97. The number of thioether (sulfide) groups is 1. The van der Waals surface area contributed by atoms with Crippen molar-refractivity contribution in [3.05, 3.63) is 29.8 Å². The number of carbonyl (C=O) groups is 1. The molecule has 0 radical (unpaired) electrons. The monoisotopic (exact) mass is 308 g/mol. The third kappa shape index (κ3) is 6.53. The van der Waals surface area contributed by atoms with E-state index < -0.39 is 0 Å². The Morgan fingerprint density at radius 1 is 1.24 bits per heavy atom. The van der Waals surface area contributed by atoms with Crippen LogP contribution < -0.4 is 10.6 Å². The van der Waals surface area contributed by atoms with Crippen LogP contribution in [0, 0.1) is 0 Å². The van der Waals surface area contributed by atoms with Gasteiger partial charge in [0.2, 0.25) is 5.91 Å². The molecule has 2 N–H and O–H groups in total. The Morgan fingerprint density at radius 3 is 2.57 bits per heavy atom. The first-order chi connectivity index (χ1) is 10.1. The van der Waals surface area contributed by atoms with Crippen molar-refractivity contribution in [1.29, 1.82) is 0 Å². The Balaban J connectivity index is 2.57. The maximum Gasteiger partial charge on any atom is 0.233 e. The molecule has 0 bridgehead atoms. The zero-order valence-electron chi connectivity index (χ0n) is 13.6. The fourth-order valence-electron chi connectivity index (χ4n) is 2.07. The highest BCUT2D eigenvalue weighted by atomic mass is 32.2. The molecule has 0 aliphatic heterocycles. The minimum absolute atomic E-state index is 0.0695. The van der Waals surface area contributed by atoms with Gasteiger partial charge in [-0.05, 0) is 44.0 Å². The molecule has 0 aromatic heterocycles. The molecule has 0 saturated heterocycles. The average Bonchev–Trinajstić information content (AvgIpc) is 2.50. The van der Waals surface area contributed by atoms with Gasteiger partial charge >= 0.3 is 0 Å². The van der Waals surface area contributed by atoms with Crippen LogP contribution >= 0.6 is 11.8 Å². The zero-order chi connectivity index (χ0) is 15.7. The topological polar surface area (TPSA) is 41.1 Å². The van der Waals surface area contributed by atoms with Gasteiger partial charge in [0.1, 0.15) is 0 Å². The van der Waals surface area contributed by atoms with Crippen molar-refractivity contribution >= 4 is 17.7 Å². The Labute approximate surface area is 133 Å². The van der Waals surface area contributed by atoms with Crippen molar-refractivity contribution in [3.8, 4) is 0 Å². The minimum Gasteiger partial charge on any atom is -0.352 e. The molecule has 1 unspecified atom stereocenters. The number of carbonyl (C=O) groups excluding carboxylic acids is 1. The lowest BCUT2D eigenvalue weighted by Gasteiger charge is -2.18. The molecule has 1 atom stereocenters. The number of hydrogen-bond donors (Lipinski definition) is 2. The first-order valence-corrected chi connectivity index (χ1v) is 8.75. The van der Waals surface area contributed by atoms with Crippen LogP contribution in [-0.4, -0.2) is 23.7 Å². The predicted octanol–water partition coefficient (Wildman–Crippen LogP) is 3.58. The van der Waals surface area contributed by atoms with Gasteiger partial charge in [-0.3, -0.25) is 4.79 Å². The summed E-state index contributed by atoms with van der Waals surface area (Å²) in [6.45, 7) is 10.1. The highest BCUT2D eigenvalue weighted by Gasteiger charge is 2.17. The molecular weight excluding hydrogens is 280 g/mol. The van der Waals surface area contributed by atoms with Crippen molar-refractivity contribution in [1.82, 2.24) is 10.6 Å². The quantitative estimate of drug-likeness (QED) is 0.685. The molecule has 3 nitrogen and oxygen atoms in total. The van der Waals surface area contributed by atoms with Crippen molar-refractivity contribution in [2.75, 3.05) is 6.54 Å². The van der Waals surface area contributed by atoms with Crippen molar-refractivity contribution in [3.63, 3.8) is 0 Å². The van der Waals surface area contributed by atoms with E-state index in [1.807, 2.05) is 6.92 Å². The lowest BCUT2D eigenvalue weighted by Crippen LogP contribution is -2.38. The predicted molar refractivity (Wildman–Crippen MR) is 91.7 cm³/mol. The summed E-state index contributed by atoms with van der Waals surface area (Å²) in [6, 6.07) is 8.69. The van der Waals surface area contributed by atoms with Gasteiger partial charge in [-0.15, -0.1) is 11.8 Å². The number of nitrogens with one attached hydrogen (secondary N) is 2. The fourth-order valence-corrected chi connectivity index (χ4v) is 3.03. The van der Waals surface area contributed by atoms with Crippen LogP contribution in [-0.2, 0) is 11.3 Å². The molecular formula is C17H28N2OS. The smallest absolute Gasteiger partial charge is 0.233 e. The Kier molecular flexibility index (Phi) is 8.47. The SMILES string of the molecule is CCNCc1cccc(SC(C)C(=O)NC(CC)CC)c1. The summed E-state index contributed by atoms with van der Waals surface area (Å²) in [5.41, 5.74) is 1.26. The van der Waals surface area contributed by atoms with Crippen molar-refractivity contribution < 1.29 is 4.79 Å². The van der Waals surface area contributed by atoms with Crippen LogP contribution in [0.5, 0.6) is 0 Å². The number of rotatable bonds is 9. The molecule has 118 valence electrons. The largest absolute Gasteiger partial charge is 0.352 e. The molecule has 0 spiro atoms. The summed E-state index contributed by atoms with van der Waals surface area (Å²) in [4.78, 5) is 13.3. The van der Waals surface area contributed by atoms with E-state index >= 15 is 0 Å². The van der Waals surface area contributed by atoms with Crippen LogP contribution in [0.4, 0.5) is 0 Å². The fraction of sp³-hybridized carbons (Fsp3) is 0.588. The van der Waals surface area contributed by atoms with Crippen molar-refractivity contribution in [2.24, 2.45) is 0 Å². The molecule has 0 fully saturated rings. The molecule has 0 heterocycles. The van der Waals surface area contributed by atoms with Crippen LogP contribution in [0.1, 0.15) is 46.1 Å². The van der Waals surface area contributed by atoms with E-state index in [1.165, 1.54) is 5.56 Å². The molecule has 21 heavy (non-hydrogen) atoms. The average molecular weight is 308 g/mol. The number of hydrogen-bond acceptors (Lipinski definition) is 3. The van der Waals surface area contributed by atoms with Gasteiger partial charge < -0.3 is 10.6 Å². The maximum absolute atomic E-state index is 12.2. The first-order valence-electron chi connectivity index (χ1n) is 7.87. The third-order valence-electron chi connectivity index (χ3n) is 3.49. The van der Waals surface area contributed by atoms with Crippen LogP contribution in [0.2, 0.25) is 0 Å². The lowest BCUT2D eigenvalue weighted by atomic mass is 10.2. The Bertz CT molecular complexity index is 433. The Morgan fingerprint density at radius 2 is 1.95 bits per heavy atom. The van der Waals surface area contributed by atoms with E-state index in [9.17, 15) is 4.79 Å². The van der Waals surface area contributed by atoms with Crippen LogP contribution in [0.15, 0.2) is 29.2 Å². The van der Waals surface area contributed by atoms with E-state index in [-0.39, 0.29) is 11.2 Å². The Hall–Kier alpha value is -1.00. The van der Waals surface area contributed by atoms with Gasteiger partial charge in [0.15, 0.2) is 0 Å². The van der Waals surface area contributed by atoms with Crippen LogP contribution in [0.3, 0.4) is 0 Å². The number of benzene rings is 1. The third-order valence-corrected chi connectivity index (χ3v) is 4.59. The summed E-state index contributed by atoms with van der Waals surface area (Å²) in [7, 11) is 0. The van der Waals surface area contributed by atoms with Gasteiger partial charge in [0.25, 0.3) is 0 Å². The van der Waals surface area contributed by atoms with Gasteiger partial charge in [0, 0.05) is 17.5 Å². The second kappa shape index (κ2) is 9.85. The van der Waals surface area contributed by atoms with E-state index in [0.29, 0.717) is 6.04 Å². The van der Waals surface area contributed by atoms with E-state index in [2.05, 4.69) is 55.7 Å². The van der Waals surface area contributed by atoms with E-state index in [0.717, 1.165) is 30.8 Å². The highest BCUT2D eigenvalue weighted by molar-refractivity contribution is 8.00.